The molecule has 0 fully saturated rings. The Morgan fingerprint density at radius 3 is 2.60 bits per heavy atom. The predicted molar refractivity (Wildman–Crippen MR) is 69.9 cm³/mol. The van der Waals surface area contributed by atoms with Gasteiger partial charge in [-0.25, -0.2) is 4.79 Å². The fraction of sp³-hybridized carbons (Fsp3) is 0. The maximum atomic E-state index is 11.1. The predicted octanol–water partition coefficient (Wildman–Crippen LogP) is 2.06. The summed E-state index contributed by atoms with van der Waals surface area (Å²) in [5, 5.41) is 28.8. The number of fused-ring (bicyclic) bond motifs is 1. The Kier molecular flexibility index (Phi) is 2.68. The Hall–Kier alpha value is -2.81. The number of hydrogen-bond donors (Lipinski definition) is 1. The van der Waals surface area contributed by atoms with Gasteiger partial charge in [-0.3, -0.25) is 14.5 Å². The van der Waals surface area contributed by atoms with Crippen molar-refractivity contribution in [2.45, 2.75) is 0 Å². The molecule has 9 heteroatoms. The molecule has 0 aliphatic carbocycles. The van der Waals surface area contributed by atoms with E-state index < -0.39 is 10.9 Å². The van der Waals surface area contributed by atoms with Crippen LogP contribution >= 0.6 is 11.3 Å². The molecule has 1 aromatic carbocycles. The number of benzene rings is 1. The van der Waals surface area contributed by atoms with E-state index in [9.17, 15) is 14.9 Å². The molecular weight excluding hydrogens is 284 g/mol. The number of rotatable bonds is 3. The van der Waals surface area contributed by atoms with Crippen molar-refractivity contribution in [3.63, 3.8) is 0 Å². The fourth-order valence-electron chi connectivity index (χ4n) is 1.81. The van der Waals surface area contributed by atoms with Crippen LogP contribution in [0, 0.1) is 10.1 Å². The smallest absolute Gasteiger partial charge is 0.374 e. The summed E-state index contributed by atoms with van der Waals surface area (Å²) in [4.78, 5) is 21.7. The molecule has 2 aromatic heterocycles. The lowest BCUT2D eigenvalue weighted by molar-refractivity contribution is -0.384. The van der Waals surface area contributed by atoms with E-state index in [-0.39, 0.29) is 11.5 Å². The average molecular weight is 290 g/mol. The average Bonchev–Trinajstić information content (AvgIpc) is 2.99. The lowest BCUT2D eigenvalue weighted by Gasteiger charge is -2.00. The van der Waals surface area contributed by atoms with Gasteiger partial charge in [0.1, 0.15) is 0 Å². The van der Waals surface area contributed by atoms with Crippen molar-refractivity contribution in [3.8, 4) is 11.3 Å². The summed E-state index contributed by atoms with van der Waals surface area (Å²) in [6.07, 6.45) is 0. The van der Waals surface area contributed by atoms with Gasteiger partial charge in [0.2, 0.25) is 10.8 Å². The van der Waals surface area contributed by atoms with Crippen molar-refractivity contribution in [2.24, 2.45) is 0 Å². The molecule has 0 spiro atoms. The number of nitrogens with zero attached hydrogens (tertiary/aromatic N) is 4. The van der Waals surface area contributed by atoms with Crippen LogP contribution in [0.5, 0.6) is 0 Å². The minimum Gasteiger partial charge on any atom is -0.475 e. The van der Waals surface area contributed by atoms with E-state index in [2.05, 4.69) is 10.2 Å². The molecular formula is C11H6N4O4S. The molecule has 3 aromatic rings. The van der Waals surface area contributed by atoms with Gasteiger partial charge >= 0.3 is 5.97 Å². The van der Waals surface area contributed by atoms with Gasteiger partial charge in [0.15, 0.2) is 0 Å². The van der Waals surface area contributed by atoms with E-state index >= 15 is 0 Å². The van der Waals surface area contributed by atoms with Crippen molar-refractivity contribution in [1.29, 1.82) is 0 Å². The molecule has 100 valence electrons. The molecule has 20 heavy (non-hydrogen) atoms. The quantitative estimate of drug-likeness (QED) is 0.584. The normalized spacial score (nSPS) is 10.8. The summed E-state index contributed by atoms with van der Waals surface area (Å²) in [5.74, 6) is -1.37. The minimum atomic E-state index is -1.18. The van der Waals surface area contributed by atoms with Crippen molar-refractivity contribution < 1.29 is 14.8 Å². The molecule has 0 amide bonds. The maximum Gasteiger partial charge on any atom is 0.374 e. The van der Waals surface area contributed by atoms with Crippen LogP contribution in [0.3, 0.4) is 0 Å². The monoisotopic (exact) mass is 290 g/mol. The van der Waals surface area contributed by atoms with Crippen LogP contribution in [0.25, 0.3) is 16.2 Å². The molecule has 0 radical (unpaired) electrons. The Labute approximate surface area is 115 Å². The molecule has 0 atom stereocenters. The third-order valence-corrected chi connectivity index (χ3v) is 3.53. The molecule has 0 aliphatic rings. The van der Waals surface area contributed by atoms with Gasteiger partial charge in [-0.1, -0.05) is 0 Å². The number of nitro groups is 1. The first kappa shape index (κ1) is 12.2. The highest BCUT2D eigenvalue weighted by Gasteiger charge is 2.18. The number of non-ortho nitro benzene ring substituents is 1. The standard InChI is InChI=1S/C11H6N4O4S/c16-10(17)9-12-13-11-14(9)8(5-20-11)6-1-3-7(4-2-6)15(18)19/h1-5H,(H,16,17). The van der Waals surface area contributed by atoms with Crippen LogP contribution in [0.1, 0.15) is 10.6 Å². The van der Waals surface area contributed by atoms with Crippen LogP contribution < -0.4 is 0 Å². The van der Waals surface area contributed by atoms with Crippen LogP contribution in [0.2, 0.25) is 0 Å². The third-order valence-electron chi connectivity index (χ3n) is 2.72. The lowest BCUT2D eigenvalue weighted by atomic mass is 10.1. The minimum absolute atomic E-state index is 0.0255. The molecule has 0 saturated carbocycles. The Morgan fingerprint density at radius 1 is 1.30 bits per heavy atom. The van der Waals surface area contributed by atoms with Gasteiger partial charge in [0, 0.05) is 17.5 Å². The van der Waals surface area contributed by atoms with Crippen molar-refractivity contribution >= 4 is 28.0 Å². The first-order valence-corrected chi connectivity index (χ1v) is 6.26. The number of carboxylic acids is 1. The first-order chi connectivity index (χ1) is 9.58. The Balaban J connectivity index is 2.16. The van der Waals surface area contributed by atoms with Crippen LogP contribution in [-0.2, 0) is 0 Å². The summed E-state index contributed by atoms with van der Waals surface area (Å²) >= 11 is 1.25. The highest BCUT2D eigenvalue weighted by molar-refractivity contribution is 7.15. The second kappa shape index (κ2) is 4.38. The number of aromatic carboxylic acids is 1. The van der Waals surface area contributed by atoms with Crippen LogP contribution in [-0.4, -0.2) is 30.6 Å². The Morgan fingerprint density at radius 2 is 2.00 bits per heavy atom. The van der Waals surface area contributed by atoms with Crippen molar-refractivity contribution in [3.05, 3.63) is 45.6 Å². The largest absolute Gasteiger partial charge is 0.475 e. The fourth-order valence-corrected chi connectivity index (χ4v) is 2.65. The van der Waals surface area contributed by atoms with E-state index in [4.69, 9.17) is 5.11 Å². The van der Waals surface area contributed by atoms with E-state index in [0.717, 1.165) is 0 Å². The SMILES string of the molecule is O=C(O)c1nnc2scc(-c3ccc([N+](=O)[O-])cc3)n12. The second-order valence-electron chi connectivity index (χ2n) is 3.87. The summed E-state index contributed by atoms with van der Waals surface area (Å²) < 4.78 is 1.41. The van der Waals surface area contributed by atoms with Gasteiger partial charge in [-0.2, -0.15) is 0 Å². The van der Waals surface area contributed by atoms with Gasteiger partial charge in [0.25, 0.3) is 5.69 Å². The topological polar surface area (TPSA) is 111 Å². The van der Waals surface area contributed by atoms with Crippen molar-refractivity contribution in [1.82, 2.24) is 14.6 Å². The number of carboxylic acid groups (broad SMARTS) is 1. The van der Waals surface area contributed by atoms with Gasteiger partial charge in [0.05, 0.1) is 10.6 Å². The summed E-state index contributed by atoms with van der Waals surface area (Å²) in [6.45, 7) is 0. The van der Waals surface area contributed by atoms with E-state index in [1.165, 1.54) is 27.9 Å². The maximum absolute atomic E-state index is 11.1. The number of nitro benzene ring substituents is 1. The molecule has 0 aliphatic heterocycles. The third kappa shape index (κ3) is 1.80. The summed E-state index contributed by atoms with van der Waals surface area (Å²) in [6, 6.07) is 5.85. The number of hydrogen-bond acceptors (Lipinski definition) is 6. The molecule has 8 nitrogen and oxygen atoms in total. The number of carbonyl (C=O) groups is 1. The second-order valence-corrected chi connectivity index (χ2v) is 4.71. The van der Waals surface area contributed by atoms with Gasteiger partial charge in [-0.15, -0.1) is 21.5 Å². The van der Waals surface area contributed by atoms with Crippen molar-refractivity contribution in [2.75, 3.05) is 0 Å². The highest BCUT2D eigenvalue weighted by Crippen LogP contribution is 2.27. The van der Waals surface area contributed by atoms with E-state index in [0.29, 0.717) is 16.2 Å². The number of aromatic nitrogens is 3. The molecule has 2 heterocycles. The lowest BCUT2D eigenvalue weighted by Crippen LogP contribution is -2.04. The zero-order valence-corrected chi connectivity index (χ0v) is 10.6. The molecule has 0 bridgehead atoms. The zero-order chi connectivity index (χ0) is 14.3. The molecule has 0 saturated heterocycles. The zero-order valence-electron chi connectivity index (χ0n) is 9.76. The van der Waals surface area contributed by atoms with E-state index in [1.54, 1.807) is 17.5 Å². The Bertz CT molecular complexity index is 821. The summed E-state index contributed by atoms with van der Waals surface area (Å²) in [5.41, 5.74) is 1.22. The van der Waals surface area contributed by atoms with Gasteiger partial charge in [-0.05, 0) is 17.7 Å². The van der Waals surface area contributed by atoms with Gasteiger partial charge < -0.3 is 5.11 Å². The van der Waals surface area contributed by atoms with Crippen LogP contribution in [0.4, 0.5) is 5.69 Å². The summed E-state index contributed by atoms with van der Waals surface area (Å²) in [7, 11) is 0. The molecule has 3 rings (SSSR count). The highest BCUT2D eigenvalue weighted by atomic mass is 32.1. The first-order valence-electron chi connectivity index (χ1n) is 5.38. The molecule has 0 unspecified atom stereocenters. The molecule has 1 N–H and O–H groups in total. The van der Waals surface area contributed by atoms with E-state index in [1.807, 2.05) is 0 Å². The van der Waals surface area contributed by atoms with Crippen LogP contribution in [0.15, 0.2) is 29.6 Å². The number of thiazole rings is 1.